The highest BCUT2D eigenvalue weighted by Gasteiger charge is 2.12. The van der Waals surface area contributed by atoms with E-state index < -0.39 is 0 Å². The zero-order valence-electron chi connectivity index (χ0n) is 14.0. The fraction of sp³-hybridized carbons (Fsp3) is 0.278. The number of nitrogens with two attached hydrogens (primary N) is 1. The van der Waals surface area contributed by atoms with Crippen LogP contribution >= 0.6 is 11.3 Å². The van der Waals surface area contributed by atoms with E-state index in [1.54, 1.807) is 18.4 Å². The molecule has 24 heavy (non-hydrogen) atoms. The molecule has 0 aliphatic rings. The molecule has 0 saturated heterocycles. The summed E-state index contributed by atoms with van der Waals surface area (Å²) in [6, 6.07) is 10.3. The Hall–Kier alpha value is -2.15. The van der Waals surface area contributed by atoms with Crippen molar-refractivity contribution < 1.29 is 14.7 Å². The van der Waals surface area contributed by atoms with E-state index in [2.05, 4.69) is 28.4 Å². The van der Waals surface area contributed by atoms with E-state index in [0.29, 0.717) is 0 Å². The van der Waals surface area contributed by atoms with Crippen LogP contribution in [0.4, 0.5) is 0 Å². The van der Waals surface area contributed by atoms with Crippen molar-refractivity contribution in [1.82, 2.24) is 4.98 Å². The Bertz CT molecular complexity index is 773. The van der Waals surface area contributed by atoms with Crippen molar-refractivity contribution >= 4 is 22.1 Å². The number of ether oxygens (including phenoxy) is 2. The van der Waals surface area contributed by atoms with Gasteiger partial charge in [0, 0.05) is 22.9 Å². The van der Waals surface area contributed by atoms with Crippen LogP contribution in [0, 0.1) is 0 Å². The largest absolute Gasteiger partial charge is 0.493 e. The summed E-state index contributed by atoms with van der Waals surface area (Å²) in [6.45, 7) is 4.03. The van der Waals surface area contributed by atoms with Gasteiger partial charge in [0.15, 0.2) is 11.5 Å². The van der Waals surface area contributed by atoms with Gasteiger partial charge in [-0.1, -0.05) is 6.07 Å². The minimum atomic E-state index is 0.101. The molecule has 0 saturated carbocycles. The Labute approximate surface area is 145 Å². The molecule has 0 amide bonds. The molecule has 3 rings (SSSR count). The van der Waals surface area contributed by atoms with Crippen molar-refractivity contribution in [3.63, 3.8) is 0 Å². The predicted molar refractivity (Wildman–Crippen MR) is 97.2 cm³/mol. The Kier molecular flexibility index (Phi) is 6.54. The number of hydrogen-bond acceptors (Lipinski definition) is 6. The van der Waals surface area contributed by atoms with Gasteiger partial charge in [0.05, 0.1) is 18.9 Å². The van der Waals surface area contributed by atoms with Gasteiger partial charge in [-0.3, -0.25) is 4.98 Å². The average molecular weight is 346 g/mol. The van der Waals surface area contributed by atoms with E-state index in [1.165, 1.54) is 4.88 Å². The molecule has 3 N–H and O–H groups in total. The van der Waals surface area contributed by atoms with Gasteiger partial charge in [-0.15, -0.1) is 11.3 Å². The smallest absolute Gasteiger partial charge is 0.162 e. The third-order valence-electron chi connectivity index (χ3n) is 3.42. The lowest BCUT2D eigenvalue weighted by Crippen LogP contribution is -2.07. The Morgan fingerprint density at radius 3 is 2.62 bits per heavy atom. The highest BCUT2D eigenvalue weighted by Crippen LogP contribution is 2.34. The fourth-order valence-electron chi connectivity index (χ4n) is 2.47. The van der Waals surface area contributed by atoms with E-state index in [4.69, 9.17) is 14.7 Å². The highest BCUT2D eigenvalue weighted by molar-refractivity contribution is 7.09. The lowest BCUT2D eigenvalue weighted by atomic mass is 10.1. The number of rotatable bonds is 5. The minimum absolute atomic E-state index is 0.101. The number of thiophene rings is 1. The van der Waals surface area contributed by atoms with E-state index in [0.717, 1.165) is 34.4 Å². The van der Waals surface area contributed by atoms with E-state index in [1.807, 2.05) is 38.2 Å². The van der Waals surface area contributed by atoms with Gasteiger partial charge >= 0.3 is 0 Å². The summed E-state index contributed by atoms with van der Waals surface area (Å²) in [5, 5.41) is 10.8. The molecule has 0 fully saturated rings. The molecule has 3 aromatic rings. The van der Waals surface area contributed by atoms with Gasteiger partial charge in [0.25, 0.3) is 0 Å². The van der Waals surface area contributed by atoms with E-state index >= 15 is 0 Å². The monoisotopic (exact) mass is 346 g/mol. The van der Waals surface area contributed by atoms with Gasteiger partial charge in [-0.2, -0.15) is 0 Å². The molecule has 0 radical (unpaired) electrons. The van der Waals surface area contributed by atoms with Crippen molar-refractivity contribution in [3.05, 3.63) is 52.5 Å². The van der Waals surface area contributed by atoms with Crippen LogP contribution in [-0.4, -0.2) is 23.4 Å². The molecule has 6 heteroatoms. The molecule has 0 aliphatic heterocycles. The SMILES string of the molecule is COc1cc2ccnc(Cc3cccs3)c2cc1OC(C)C.NO. The number of hydrogen-bond donors (Lipinski definition) is 2. The molecule has 1 aromatic carbocycles. The average Bonchev–Trinajstić information content (AvgIpc) is 3.09. The number of fused-ring (bicyclic) bond motifs is 1. The molecule has 0 atom stereocenters. The zero-order chi connectivity index (χ0) is 17.5. The van der Waals surface area contributed by atoms with Crippen molar-refractivity contribution in [3.8, 4) is 11.5 Å². The summed E-state index contributed by atoms with van der Waals surface area (Å²) in [7, 11) is 1.67. The van der Waals surface area contributed by atoms with Crippen molar-refractivity contribution in [2.24, 2.45) is 5.90 Å². The Morgan fingerprint density at radius 2 is 2.00 bits per heavy atom. The van der Waals surface area contributed by atoms with Crippen LogP contribution in [0.2, 0.25) is 0 Å². The second-order valence-electron chi connectivity index (χ2n) is 5.40. The summed E-state index contributed by atoms with van der Waals surface area (Å²) in [4.78, 5) is 5.88. The number of benzene rings is 1. The quantitative estimate of drug-likeness (QED) is 0.682. The second kappa shape index (κ2) is 8.63. The summed E-state index contributed by atoms with van der Waals surface area (Å²) in [5.41, 5.74) is 1.07. The highest BCUT2D eigenvalue weighted by atomic mass is 32.1. The summed E-state index contributed by atoms with van der Waals surface area (Å²) >= 11 is 1.75. The van der Waals surface area contributed by atoms with Crippen molar-refractivity contribution in [1.29, 1.82) is 0 Å². The predicted octanol–water partition coefficient (Wildman–Crippen LogP) is 4.02. The number of methoxy groups -OCH3 is 1. The van der Waals surface area contributed by atoms with E-state index in [9.17, 15) is 0 Å². The van der Waals surface area contributed by atoms with Crippen LogP contribution in [0.15, 0.2) is 41.9 Å². The molecule has 0 spiro atoms. The fourth-order valence-corrected chi connectivity index (χ4v) is 3.17. The van der Waals surface area contributed by atoms with Gasteiger partial charge in [-0.25, -0.2) is 5.90 Å². The maximum atomic E-state index is 6.50. The lowest BCUT2D eigenvalue weighted by Gasteiger charge is -2.15. The van der Waals surface area contributed by atoms with Crippen LogP contribution in [0.1, 0.15) is 24.4 Å². The molecular weight excluding hydrogens is 324 g/mol. The van der Waals surface area contributed by atoms with Crippen LogP contribution in [0.25, 0.3) is 10.8 Å². The molecule has 2 heterocycles. The molecule has 128 valence electrons. The maximum absolute atomic E-state index is 6.50. The molecule has 2 aromatic heterocycles. The zero-order valence-corrected chi connectivity index (χ0v) is 14.8. The molecule has 0 bridgehead atoms. The van der Waals surface area contributed by atoms with Crippen molar-refractivity contribution in [2.45, 2.75) is 26.4 Å². The first-order valence-corrected chi connectivity index (χ1v) is 8.46. The normalized spacial score (nSPS) is 10.4. The molecule has 0 unspecified atom stereocenters. The topological polar surface area (TPSA) is 77.6 Å². The standard InChI is InChI=1S/C18H19NO2S.H3NO/c1-12(2)21-18-11-15-13(9-17(18)20-3)6-7-19-16(15)10-14-5-4-8-22-14;1-2/h4-9,11-12H,10H2,1-3H3;2H,1H2. The van der Waals surface area contributed by atoms with Gasteiger partial charge < -0.3 is 14.7 Å². The number of aromatic nitrogens is 1. The second-order valence-corrected chi connectivity index (χ2v) is 6.44. The number of nitrogens with zero attached hydrogens (tertiary/aromatic N) is 1. The van der Waals surface area contributed by atoms with Gasteiger partial charge in [0.1, 0.15) is 0 Å². The Morgan fingerprint density at radius 1 is 1.21 bits per heavy atom. The first-order chi connectivity index (χ1) is 11.7. The lowest BCUT2D eigenvalue weighted by molar-refractivity contribution is 0.230. The van der Waals surface area contributed by atoms with E-state index in [-0.39, 0.29) is 6.10 Å². The van der Waals surface area contributed by atoms with Crippen LogP contribution in [0.3, 0.4) is 0 Å². The minimum Gasteiger partial charge on any atom is -0.493 e. The maximum Gasteiger partial charge on any atom is 0.162 e. The number of pyridine rings is 1. The van der Waals surface area contributed by atoms with Crippen LogP contribution in [0.5, 0.6) is 11.5 Å². The van der Waals surface area contributed by atoms with Crippen molar-refractivity contribution in [2.75, 3.05) is 7.11 Å². The van der Waals surface area contributed by atoms with Crippen LogP contribution in [-0.2, 0) is 6.42 Å². The summed E-state index contributed by atoms with van der Waals surface area (Å²) < 4.78 is 11.3. The third-order valence-corrected chi connectivity index (χ3v) is 4.29. The molecular formula is C18H22N2O3S. The first kappa shape index (κ1) is 18.2. The molecule has 0 aliphatic carbocycles. The molecule has 5 nitrogen and oxygen atoms in total. The van der Waals surface area contributed by atoms with Gasteiger partial charge in [0.2, 0.25) is 0 Å². The third kappa shape index (κ3) is 4.23. The van der Waals surface area contributed by atoms with Crippen LogP contribution < -0.4 is 15.4 Å². The Balaban J connectivity index is 0.00000100. The summed E-state index contributed by atoms with van der Waals surface area (Å²) in [5.74, 6) is 5.03. The van der Waals surface area contributed by atoms with Gasteiger partial charge in [-0.05, 0) is 48.9 Å². The summed E-state index contributed by atoms with van der Waals surface area (Å²) in [6.07, 6.45) is 2.79. The first-order valence-electron chi connectivity index (χ1n) is 7.58.